The summed E-state index contributed by atoms with van der Waals surface area (Å²) in [5.41, 5.74) is 0.573. The second-order valence-electron chi connectivity index (χ2n) is 2.89. The van der Waals surface area contributed by atoms with Crippen LogP contribution in [0.25, 0.3) is 0 Å². The van der Waals surface area contributed by atoms with E-state index in [1.54, 1.807) is 6.92 Å². The molecule has 0 aromatic rings. The molecule has 0 aliphatic carbocycles. The predicted octanol–water partition coefficient (Wildman–Crippen LogP) is 0.898. The Kier molecular flexibility index (Phi) is 4.04. The summed E-state index contributed by atoms with van der Waals surface area (Å²) in [5, 5.41) is 12.3. The van der Waals surface area contributed by atoms with Gasteiger partial charge in [0.15, 0.2) is 0 Å². The Balaban J connectivity index is 2.21. The highest BCUT2D eigenvalue weighted by atomic mass is 16.8. The summed E-state index contributed by atoms with van der Waals surface area (Å²) >= 11 is 0. The molecule has 1 atom stereocenters. The third kappa shape index (κ3) is 3.19. The number of oxime groups is 1. The van der Waals surface area contributed by atoms with Gasteiger partial charge in [-0.3, -0.25) is 0 Å². The molecule has 1 N–H and O–H groups in total. The molecule has 1 unspecified atom stereocenters. The van der Waals surface area contributed by atoms with Gasteiger partial charge in [0.1, 0.15) is 0 Å². The third-order valence-corrected chi connectivity index (χ3v) is 1.69. The lowest BCUT2D eigenvalue weighted by atomic mass is 10.2. The Labute approximate surface area is 72.2 Å². The van der Waals surface area contributed by atoms with Gasteiger partial charge in [0.2, 0.25) is 6.29 Å². The van der Waals surface area contributed by atoms with Crippen molar-refractivity contribution in [1.29, 1.82) is 0 Å². The van der Waals surface area contributed by atoms with Crippen molar-refractivity contribution in [2.24, 2.45) is 5.16 Å². The van der Waals surface area contributed by atoms with E-state index in [9.17, 15) is 0 Å². The molecule has 4 nitrogen and oxygen atoms in total. The predicted molar refractivity (Wildman–Crippen MR) is 44.9 cm³/mol. The SMILES string of the molecule is C/C(CO)=N/OC1CCCCO1. The average molecular weight is 173 g/mol. The van der Waals surface area contributed by atoms with Crippen LogP contribution in [0.15, 0.2) is 5.16 Å². The molecule has 0 spiro atoms. The van der Waals surface area contributed by atoms with Crippen LogP contribution in [-0.4, -0.2) is 30.3 Å². The number of hydrogen-bond acceptors (Lipinski definition) is 4. The van der Waals surface area contributed by atoms with Gasteiger partial charge in [-0.2, -0.15) is 0 Å². The fraction of sp³-hybridized carbons (Fsp3) is 0.875. The first-order chi connectivity index (χ1) is 5.83. The second-order valence-corrected chi connectivity index (χ2v) is 2.89. The Morgan fingerprint density at radius 3 is 3.08 bits per heavy atom. The number of ether oxygens (including phenoxy) is 1. The fourth-order valence-electron chi connectivity index (χ4n) is 0.972. The summed E-state index contributed by atoms with van der Waals surface area (Å²) in [6, 6.07) is 0. The molecule has 4 heteroatoms. The largest absolute Gasteiger partial charge is 0.390 e. The van der Waals surface area contributed by atoms with Gasteiger partial charge < -0.3 is 14.7 Å². The number of aliphatic hydroxyl groups excluding tert-OH is 1. The van der Waals surface area contributed by atoms with Crippen LogP contribution in [0.5, 0.6) is 0 Å². The minimum atomic E-state index is -0.208. The van der Waals surface area contributed by atoms with Crippen LogP contribution in [0.3, 0.4) is 0 Å². The number of hydrogen-bond donors (Lipinski definition) is 1. The Hall–Kier alpha value is -0.610. The molecule has 0 aromatic heterocycles. The van der Waals surface area contributed by atoms with E-state index in [-0.39, 0.29) is 12.9 Å². The number of nitrogens with zero attached hydrogens (tertiary/aromatic N) is 1. The molecule has 0 aromatic carbocycles. The van der Waals surface area contributed by atoms with E-state index < -0.39 is 0 Å². The van der Waals surface area contributed by atoms with E-state index in [1.165, 1.54) is 0 Å². The van der Waals surface area contributed by atoms with E-state index in [2.05, 4.69) is 5.16 Å². The molecule has 0 amide bonds. The maximum atomic E-state index is 8.61. The summed E-state index contributed by atoms with van der Waals surface area (Å²) < 4.78 is 5.26. The monoisotopic (exact) mass is 173 g/mol. The van der Waals surface area contributed by atoms with Gasteiger partial charge >= 0.3 is 0 Å². The van der Waals surface area contributed by atoms with E-state index in [0.717, 1.165) is 25.9 Å². The molecule has 1 aliphatic heterocycles. The van der Waals surface area contributed by atoms with Crippen molar-refractivity contribution in [3.05, 3.63) is 0 Å². The normalized spacial score (nSPS) is 25.5. The summed E-state index contributed by atoms with van der Waals surface area (Å²) in [5.74, 6) is 0. The Morgan fingerprint density at radius 1 is 1.67 bits per heavy atom. The zero-order valence-electron chi connectivity index (χ0n) is 7.32. The molecular weight excluding hydrogens is 158 g/mol. The van der Waals surface area contributed by atoms with Crippen molar-refractivity contribution in [3.63, 3.8) is 0 Å². The van der Waals surface area contributed by atoms with Gasteiger partial charge in [-0.05, 0) is 19.8 Å². The van der Waals surface area contributed by atoms with E-state index in [0.29, 0.717) is 5.71 Å². The van der Waals surface area contributed by atoms with Crippen LogP contribution in [0, 0.1) is 0 Å². The van der Waals surface area contributed by atoms with Crippen LogP contribution in [0.1, 0.15) is 26.2 Å². The summed E-state index contributed by atoms with van der Waals surface area (Å²) in [7, 11) is 0. The van der Waals surface area contributed by atoms with Crippen LogP contribution in [0.2, 0.25) is 0 Å². The summed E-state index contributed by atoms with van der Waals surface area (Å²) in [4.78, 5) is 5.04. The lowest BCUT2D eigenvalue weighted by Gasteiger charge is -2.20. The summed E-state index contributed by atoms with van der Waals surface area (Å²) in [6.07, 6.45) is 2.91. The van der Waals surface area contributed by atoms with Crippen LogP contribution in [-0.2, 0) is 9.57 Å². The highest BCUT2D eigenvalue weighted by Crippen LogP contribution is 2.13. The minimum Gasteiger partial charge on any atom is -0.390 e. The minimum absolute atomic E-state index is 0.0628. The van der Waals surface area contributed by atoms with Crippen molar-refractivity contribution in [2.75, 3.05) is 13.2 Å². The maximum absolute atomic E-state index is 8.61. The Morgan fingerprint density at radius 2 is 2.50 bits per heavy atom. The highest BCUT2D eigenvalue weighted by Gasteiger charge is 2.14. The lowest BCUT2D eigenvalue weighted by Crippen LogP contribution is -2.20. The number of rotatable bonds is 3. The van der Waals surface area contributed by atoms with Crippen LogP contribution in [0.4, 0.5) is 0 Å². The zero-order chi connectivity index (χ0) is 8.81. The van der Waals surface area contributed by atoms with Gasteiger partial charge in [-0.15, -0.1) is 0 Å². The van der Waals surface area contributed by atoms with Gasteiger partial charge in [0.05, 0.1) is 18.9 Å². The van der Waals surface area contributed by atoms with Gasteiger partial charge in [-0.1, -0.05) is 5.16 Å². The fourth-order valence-corrected chi connectivity index (χ4v) is 0.972. The topological polar surface area (TPSA) is 51.1 Å². The molecule has 1 heterocycles. The van der Waals surface area contributed by atoms with E-state index >= 15 is 0 Å². The first-order valence-corrected chi connectivity index (χ1v) is 4.24. The van der Waals surface area contributed by atoms with Gasteiger partial charge in [0, 0.05) is 6.42 Å². The van der Waals surface area contributed by atoms with Gasteiger partial charge in [0.25, 0.3) is 0 Å². The molecule has 1 rings (SSSR count). The molecule has 70 valence electrons. The molecule has 12 heavy (non-hydrogen) atoms. The van der Waals surface area contributed by atoms with Gasteiger partial charge in [-0.25, -0.2) is 0 Å². The molecule has 1 saturated heterocycles. The van der Waals surface area contributed by atoms with Crippen molar-refractivity contribution >= 4 is 5.71 Å². The van der Waals surface area contributed by atoms with E-state index in [1.807, 2.05) is 0 Å². The van der Waals surface area contributed by atoms with Crippen molar-refractivity contribution in [3.8, 4) is 0 Å². The quantitative estimate of drug-likeness (QED) is 0.509. The zero-order valence-corrected chi connectivity index (χ0v) is 7.32. The average Bonchev–Trinajstić information content (AvgIpc) is 2.16. The highest BCUT2D eigenvalue weighted by molar-refractivity contribution is 5.82. The molecule has 0 bridgehead atoms. The standard InChI is InChI=1S/C8H15NO3/c1-7(6-10)9-12-8-4-2-3-5-11-8/h8,10H,2-6H2,1H3/b9-7-. The number of aliphatic hydroxyl groups is 1. The molecular formula is C8H15NO3. The molecule has 1 fully saturated rings. The molecule has 0 saturated carbocycles. The molecule has 1 aliphatic rings. The Bertz CT molecular complexity index is 152. The smallest absolute Gasteiger partial charge is 0.226 e. The first kappa shape index (κ1) is 9.48. The van der Waals surface area contributed by atoms with E-state index in [4.69, 9.17) is 14.7 Å². The van der Waals surface area contributed by atoms with Crippen LogP contribution < -0.4 is 0 Å². The second kappa shape index (κ2) is 5.11. The van der Waals surface area contributed by atoms with Crippen LogP contribution >= 0.6 is 0 Å². The third-order valence-electron chi connectivity index (χ3n) is 1.69. The van der Waals surface area contributed by atoms with Crippen molar-refractivity contribution in [2.45, 2.75) is 32.5 Å². The van der Waals surface area contributed by atoms with Crippen molar-refractivity contribution < 1.29 is 14.7 Å². The lowest BCUT2D eigenvalue weighted by molar-refractivity contribution is -0.162. The molecule has 0 radical (unpaired) electrons. The summed E-state index contributed by atoms with van der Waals surface area (Å²) in [6.45, 7) is 2.40. The van der Waals surface area contributed by atoms with Crippen molar-refractivity contribution in [1.82, 2.24) is 0 Å². The first-order valence-electron chi connectivity index (χ1n) is 4.24. The maximum Gasteiger partial charge on any atom is 0.226 e.